The Bertz CT molecular complexity index is 2020. The average Bonchev–Trinajstić information content (AvgIpc) is 3.21. The molecule has 0 aliphatic rings. The quantitative estimate of drug-likeness (QED) is 0.158. The van der Waals surface area contributed by atoms with Crippen LogP contribution in [-0.2, 0) is 0 Å². The molecule has 1 N–H and O–H groups in total. The number of hydrogen-bond acceptors (Lipinski definition) is 3. The number of para-hydroxylation sites is 4. The molecule has 0 heterocycles. The Morgan fingerprint density at radius 1 is 0.216 bits per heavy atom. The molecule has 0 atom stereocenters. The number of anilines is 8. The third-order valence-corrected chi connectivity index (χ3v) is 9.03. The van der Waals surface area contributed by atoms with Gasteiger partial charge in [-0.05, 0) is 119 Å². The zero-order valence-electron chi connectivity index (χ0n) is 28.2. The van der Waals surface area contributed by atoms with Crippen molar-refractivity contribution in [3.63, 3.8) is 0 Å². The lowest BCUT2D eigenvalue weighted by Crippen LogP contribution is -2.09. The van der Waals surface area contributed by atoms with E-state index in [1.165, 1.54) is 22.3 Å². The van der Waals surface area contributed by atoms with E-state index in [1.807, 2.05) is 0 Å². The van der Waals surface area contributed by atoms with Gasteiger partial charge >= 0.3 is 0 Å². The normalized spacial score (nSPS) is 10.7. The molecule has 0 aliphatic heterocycles. The van der Waals surface area contributed by atoms with Crippen LogP contribution in [0.25, 0.3) is 22.3 Å². The lowest BCUT2D eigenvalue weighted by molar-refractivity contribution is 1.28. The molecule has 51 heavy (non-hydrogen) atoms. The number of hydrogen-bond donors (Lipinski definition) is 1. The van der Waals surface area contributed by atoms with Crippen molar-refractivity contribution in [1.29, 1.82) is 0 Å². The van der Waals surface area contributed by atoms with Crippen LogP contribution in [0.15, 0.2) is 218 Å². The highest BCUT2D eigenvalue weighted by atomic mass is 15.1. The molecule has 0 radical (unpaired) electrons. The van der Waals surface area contributed by atoms with Crippen LogP contribution in [0.1, 0.15) is 0 Å². The van der Waals surface area contributed by atoms with Gasteiger partial charge in [0.15, 0.2) is 0 Å². The van der Waals surface area contributed by atoms with Crippen molar-refractivity contribution in [3.05, 3.63) is 218 Å². The SMILES string of the molecule is c1ccc(N(c2ccccc2)c2ccc(-c3ccc(Nc4ccc(-c5ccc(N(c6ccccc6)c6ccccc6)cc5)cc4)cc3)cc2)cc1. The summed E-state index contributed by atoms with van der Waals surface area (Å²) in [4.78, 5) is 4.56. The van der Waals surface area contributed by atoms with Crippen LogP contribution in [0.3, 0.4) is 0 Å². The van der Waals surface area contributed by atoms with Gasteiger partial charge in [-0.25, -0.2) is 0 Å². The fourth-order valence-electron chi connectivity index (χ4n) is 6.47. The van der Waals surface area contributed by atoms with E-state index in [-0.39, 0.29) is 0 Å². The van der Waals surface area contributed by atoms with Crippen LogP contribution in [-0.4, -0.2) is 0 Å². The Hall–Kier alpha value is -6.84. The molecule has 0 aliphatic carbocycles. The monoisotopic (exact) mass is 655 g/mol. The van der Waals surface area contributed by atoms with Crippen molar-refractivity contribution in [1.82, 2.24) is 0 Å². The zero-order valence-corrected chi connectivity index (χ0v) is 28.2. The Balaban J connectivity index is 0.945. The van der Waals surface area contributed by atoms with E-state index in [0.29, 0.717) is 0 Å². The van der Waals surface area contributed by atoms with Crippen LogP contribution in [0.2, 0.25) is 0 Å². The van der Waals surface area contributed by atoms with E-state index in [9.17, 15) is 0 Å². The third-order valence-electron chi connectivity index (χ3n) is 9.03. The van der Waals surface area contributed by atoms with Gasteiger partial charge in [-0.2, -0.15) is 0 Å². The first-order valence-electron chi connectivity index (χ1n) is 17.3. The highest BCUT2D eigenvalue weighted by Gasteiger charge is 2.13. The van der Waals surface area contributed by atoms with Crippen molar-refractivity contribution in [2.75, 3.05) is 15.1 Å². The number of nitrogens with one attached hydrogen (secondary N) is 1. The summed E-state index contributed by atoms with van der Waals surface area (Å²) < 4.78 is 0. The fourth-order valence-corrected chi connectivity index (χ4v) is 6.47. The summed E-state index contributed by atoms with van der Waals surface area (Å²) in [6.45, 7) is 0. The van der Waals surface area contributed by atoms with E-state index in [4.69, 9.17) is 0 Å². The van der Waals surface area contributed by atoms with Crippen molar-refractivity contribution in [2.45, 2.75) is 0 Å². The van der Waals surface area contributed by atoms with E-state index in [1.54, 1.807) is 0 Å². The lowest BCUT2D eigenvalue weighted by Gasteiger charge is -2.25. The molecule has 8 aromatic rings. The van der Waals surface area contributed by atoms with Gasteiger partial charge in [-0.15, -0.1) is 0 Å². The molecule has 8 aromatic carbocycles. The van der Waals surface area contributed by atoms with E-state index in [0.717, 1.165) is 45.5 Å². The van der Waals surface area contributed by atoms with Gasteiger partial charge in [-0.3, -0.25) is 0 Å². The topological polar surface area (TPSA) is 18.5 Å². The van der Waals surface area contributed by atoms with Gasteiger partial charge in [0.05, 0.1) is 0 Å². The second-order valence-electron chi connectivity index (χ2n) is 12.4. The summed E-state index contributed by atoms with van der Waals surface area (Å²) in [5.74, 6) is 0. The maximum atomic E-state index is 3.57. The summed E-state index contributed by atoms with van der Waals surface area (Å²) in [7, 11) is 0. The van der Waals surface area contributed by atoms with Crippen LogP contribution < -0.4 is 15.1 Å². The molecule has 0 bridgehead atoms. The van der Waals surface area contributed by atoms with Crippen LogP contribution in [0.5, 0.6) is 0 Å². The molecule has 244 valence electrons. The Kier molecular flexibility index (Phi) is 9.08. The van der Waals surface area contributed by atoms with Crippen LogP contribution >= 0.6 is 0 Å². The summed E-state index contributed by atoms with van der Waals surface area (Å²) in [5.41, 5.74) is 13.6. The summed E-state index contributed by atoms with van der Waals surface area (Å²) in [5, 5.41) is 3.57. The van der Waals surface area contributed by atoms with Gasteiger partial charge in [0.25, 0.3) is 0 Å². The minimum Gasteiger partial charge on any atom is -0.356 e. The highest BCUT2D eigenvalue weighted by molar-refractivity contribution is 5.80. The van der Waals surface area contributed by atoms with Crippen LogP contribution in [0, 0.1) is 0 Å². The average molecular weight is 656 g/mol. The van der Waals surface area contributed by atoms with Crippen LogP contribution in [0.4, 0.5) is 45.5 Å². The number of nitrogens with zero attached hydrogens (tertiary/aromatic N) is 2. The smallest absolute Gasteiger partial charge is 0.0462 e. The predicted octanol–water partition coefficient (Wildman–Crippen LogP) is 13.7. The largest absolute Gasteiger partial charge is 0.356 e. The van der Waals surface area contributed by atoms with Gasteiger partial charge in [-0.1, -0.05) is 121 Å². The predicted molar refractivity (Wildman–Crippen MR) is 216 cm³/mol. The van der Waals surface area contributed by atoms with Crippen molar-refractivity contribution < 1.29 is 0 Å². The first-order valence-corrected chi connectivity index (χ1v) is 17.3. The molecule has 8 rings (SSSR count). The van der Waals surface area contributed by atoms with E-state index >= 15 is 0 Å². The molecule has 0 unspecified atom stereocenters. The highest BCUT2D eigenvalue weighted by Crippen LogP contribution is 2.37. The minimum absolute atomic E-state index is 1.05. The van der Waals surface area contributed by atoms with Gasteiger partial charge < -0.3 is 15.1 Å². The molecule has 0 amide bonds. The molecule has 0 spiro atoms. The van der Waals surface area contributed by atoms with Gasteiger partial charge in [0.2, 0.25) is 0 Å². The maximum absolute atomic E-state index is 3.57. The summed E-state index contributed by atoms with van der Waals surface area (Å²) in [6, 6.07) is 76.8. The maximum Gasteiger partial charge on any atom is 0.0462 e. The first-order chi connectivity index (χ1) is 25.3. The fraction of sp³-hybridized carbons (Fsp3) is 0. The molecule has 0 saturated heterocycles. The Morgan fingerprint density at radius 2 is 0.431 bits per heavy atom. The van der Waals surface area contributed by atoms with E-state index < -0.39 is 0 Å². The Morgan fingerprint density at radius 3 is 0.686 bits per heavy atom. The lowest BCUT2D eigenvalue weighted by atomic mass is 10.0. The molecule has 0 saturated carbocycles. The first kappa shape index (κ1) is 31.4. The molecular weight excluding hydrogens is 619 g/mol. The van der Waals surface area contributed by atoms with E-state index in [2.05, 4.69) is 234 Å². The summed E-state index contributed by atoms with van der Waals surface area (Å²) in [6.07, 6.45) is 0. The number of rotatable bonds is 10. The molecular formula is C48H37N3. The molecule has 3 heteroatoms. The second kappa shape index (κ2) is 14.7. The van der Waals surface area contributed by atoms with Gasteiger partial charge in [0, 0.05) is 45.5 Å². The van der Waals surface area contributed by atoms with Crippen molar-refractivity contribution in [3.8, 4) is 22.3 Å². The van der Waals surface area contributed by atoms with Gasteiger partial charge in [0.1, 0.15) is 0 Å². The Labute approximate surface area is 300 Å². The minimum atomic E-state index is 1.05. The third kappa shape index (κ3) is 7.15. The summed E-state index contributed by atoms with van der Waals surface area (Å²) >= 11 is 0. The van der Waals surface area contributed by atoms with Crippen molar-refractivity contribution >= 4 is 45.5 Å². The molecule has 3 nitrogen and oxygen atoms in total. The zero-order chi connectivity index (χ0) is 34.2. The standard InChI is InChI=1S/C48H37N3/c1-5-13-43(14-6-1)50(44-15-7-2-8-16-44)47-33-25-39(26-34-47)37-21-29-41(30-22-37)49-42-31-23-38(24-32-42)40-27-35-48(36-28-40)51(45-17-9-3-10-18-45)46-19-11-4-12-20-46/h1-36,49H. The molecule has 0 fully saturated rings. The van der Waals surface area contributed by atoms with Crippen molar-refractivity contribution in [2.24, 2.45) is 0 Å². The second-order valence-corrected chi connectivity index (χ2v) is 12.4. The molecule has 0 aromatic heterocycles. The number of benzene rings is 8.